The minimum Gasteiger partial charge on any atom is -0.334 e. The number of likely N-dealkylation sites (N-methyl/N-ethyl adjacent to an activating group) is 1. The summed E-state index contributed by atoms with van der Waals surface area (Å²) in [5.41, 5.74) is -0.609. The number of benzene rings is 1. The summed E-state index contributed by atoms with van der Waals surface area (Å²) in [5, 5.41) is 1.99. The number of thioether (sulfide) groups is 1. The van der Waals surface area contributed by atoms with E-state index in [4.69, 9.17) is 0 Å². The third-order valence-electron chi connectivity index (χ3n) is 3.09. The van der Waals surface area contributed by atoms with Gasteiger partial charge < -0.3 is 10.2 Å². The van der Waals surface area contributed by atoms with Gasteiger partial charge in [-0.15, -0.1) is 0 Å². The van der Waals surface area contributed by atoms with Crippen LogP contribution in [-0.4, -0.2) is 41.8 Å². The first-order valence-corrected chi connectivity index (χ1v) is 7.82. The van der Waals surface area contributed by atoms with Gasteiger partial charge in [0.1, 0.15) is 17.3 Å². The first-order valence-electron chi connectivity index (χ1n) is 6.43. The van der Waals surface area contributed by atoms with E-state index in [9.17, 15) is 18.4 Å². The second-order valence-corrected chi connectivity index (χ2v) is 5.39. The third-order valence-corrected chi connectivity index (χ3v) is 3.81. The van der Waals surface area contributed by atoms with Gasteiger partial charge in [0.05, 0.1) is 0 Å². The monoisotopic (exact) mass is 316 g/mol. The summed E-state index contributed by atoms with van der Waals surface area (Å²) in [7, 11) is 1.50. The van der Waals surface area contributed by atoms with Crippen LogP contribution >= 0.6 is 11.8 Å². The van der Waals surface area contributed by atoms with Crippen LogP contribution in [-0.2, 0) is 9.59 Å². The average molecular weight is 316 g/mol. The van der Waals surface area contributed by atoms with Crippen molar-refractivity contribution in [1.82, 2.24) is 4.90 Å². The van der Waals surface area contributed by atoms with Crippen molar-refractivity contribution in [2.75, 3.05) is 24.4 Å². The molecule has 1 N–H and O–H groups in total. The molecule has 1 aromatic carbocycles. The predicted octanol–water partition coefficient (Wildman–Crippen LogP) is 2.50. The van der Waals surface area contributed by atoms with Crippen LogP contribution in [0.1, 0.15) is 13.3 Å². The van der Waals surface area contributed by atoms with E-state index in [1.807, 2.05) is 18.5 Å². The maximum atomic E-state index is 13.4. The van der Waals surface area contributed by atoms with E-state index in [0.29, 0.717) is 12.2 Å². The zero-order valence-corrected chi connectivity index (χ0v) is 13.0. The molecule has 0 aromatic heterocycles. The molecule has 116 valence electrons. The molecular formula is C14H18F2N2O2S. The molecule has 0 aliphatic carbocycles. The lowest BCUT2D eigenvalue weighted by molar-refractivity contribution is -0.143. The summed E-state index contributed by atoms with van der Waals surface area (Å²) in [5.74, 6) is -3.04. The fourth-order valence-corrected chi connectivity index (χ4v) is 2.65. The highest BCUT2D eigenvalue weighted by molar-refractivity contribution is 7.98. The van der Waals surface area contributed by atoms with Crippen molar-refractivity contribution in [2.24, 2.45) is 0 Å². The van der Waals surface area contributed by atoms with E-state index in [-0.39, 0.29) is 6.04 Å². The van der Waals surface area contributed by atoms with Gasteiger partial charge in [-0.2, -0.15) is 11.8 Å². The van der Waals surface area contributed by atoms with Gasteiger partial charge in [-0.1, -0.05) is 13.0 Å². The maximum absolute atomic E-state index is 13.4. The Kier molecular flexibility index (Phi) is 6.61. The van der Waals surface area contributed by atoms with Gasteiger partial charge in [0.15, 0.2) is 0 Å². The Bertz CT molecular complexity index is 505. The summed E-state index contributed by atoms with van der Waals surface area (Å²) in [4.78, 5) is 25.1. The third kappa shape index (κ3) is 4.42. The summed E-state index contributed by atoms with van der Waals surface area (Å²) in [6.07, 6.45) is 2.58. The zero-order valence-electron chi connectivity index (χ0n) is 12.2. The number of amides is 2. The van der Waals surface area contributed by atoms with Crippen LogP contribution in [0.5, 0.6) is 0 Å². The largest absolute Gasteiger partial charge is 0.334 e. The molecule has 0 fully saturated rings. The van der Waals surface area contributed by atoms with Crippen LogP contribution in [0.3, 0.4) is 0 Å². The molecule has 0 aliphatic rings. The van der Waals surface area contributed by atoms with Crippen molar-refractivity contribution >= 4 is 29.3 Å². The number of hydrogen-bond donors (Lipinski definition) is 1. The molecule has 1 rings (SSSR count). The van der Waals surface area contributed by atoms with Crippen LogP contribution in [0.15, 0.2) is 18.2 Å². The van der Waals surface area contributed by atoms with Crippen LogP contribution < -0.4 is 5.32 Å². The van der Waals surface area contributed by atoms with E-state index in [0.717, 1.165) is 12.1 Å². The van der Waals surface area contributed by atoms with Crippen molar-refractivity contribution in [3.05, 3.63) is 29.8 Å². The number of rotatable bonds is 5. The molecular weight excluding hydrogens is 298 g/mol. The topological polar surface area (TPSA) is 49.4 Å². The maximum Gasteiger partial charge on any atom is 0.314 e. The van der Waals surface area contributed by atoms with Gasteiger partial charge in [0, 0.05) is 18.8 Å². The number of halogens is 2. The van der Waals surface area contributed by atoms with Crippen LogP contribution in [0.2, 0.25) is 0 Å². The molecule has 1 atom stereocenters. The molecule has 1 aromatic rings. The Morgan fingerprint density at radius 3 is 2.38 bits per heavy atom. The number of nitrogens with zero attached hydrogens (tertiary/aromatic N) is 1. The highest BCUT2D eigenvalue weighted by Gasteiger charge is 2.25. The van der Waals surface area contributed by atoms with E-state index in [1.165, 1.54) is 18.0 Å². The first-order chi connectivity index (χ1) is 9.92. The van der Waals surface area contributed by atoms with Crippen LogP contribution in [0.4, 0.5) is 14.5 Å². The van der Waals surface area contributed by atoms with E-state index in [1.54, 1.807) is 11.8 Å². The molecule has 0 bridgehead atoms. The Morgan fingerprint density at radius 1 is 1.33 bits per heavy atom. The number of carbonyl (C=O) groups excluding carboxylic acids is 2. The molecule has 0 unspecified atom stereocenters. The minimum atomic E-state index is -1.05. The van der Waals surface area contributed by atoms with Gasteiger partial charge in [-0.05, 0) is 24.8 Å². The summed E-state index contributed by atoms with van der Waals surface area (Å²) >= 11 is 1.56. The molecule has 0 saturated heterocycles. The molecule has 2 amide bonds. The van der Waals surface area contributed by atoms with Gasteiger partial charge in [0.2, 0.25) is 0 Å². The quantitative estimate of drug-likeness (QED) is 0.849. The molecule has 0 saturated carbocycles. The highest BCUT2D eigenvalue weighted by Crippen LogP contribution is 2.18. The summed E-state index contributed by atoms with van der Waals surface area (Å²) < 4.78 is 26.9. The van der Waals surface area contributed by atoms with Crippen molar-refractivity contribution in [3.63, 3.8) is 0 Å². The number of carbonyl (C=O) groups is 2. The minimum absolute atomic E-state index is 0.108. The Labute approximate surface area is 126 Å². The normalized spacial score (nSPS) is 11.9. The van der Waals surface area contributed by atoms with E-state index < -0.39 is 29.1 Å². The fraction of sp³-hybridized carbons (Fsp3) is 0.429. The lowest BCUT2D eigenvalue weighted by atomic mass is 10.2. The molecule has 7 heteroatoms. The Morgan fingerprint density at radius 2 is 1.90 bits per heavy atom. The van der Waals surface area contributed by atoms with Crippen molar-refractivity contribution in [2.45, 2.75) is 19.4 Å². The number of anilines is 1. The smallest absolute Gasteiger partial charge is 0.314 e. The molecule has 4 nitrogen and oxygen atoms in total. The number of hydrogen-bond acceptors (Lipinski definition) is 3. The molecule has 0 radical (unpaired) electrons. The van der Waals surface area contributed by atoms with E-state index in [2.05, 4.69) is 0 Å². The van der Waals surface area contributed by atoms with Crippen molar-refractivity contribution < 1.29 is 18.4 Å². The second kappa shape index (κ2) is 7.97. The summed E-state index contributed by atoms with van der Waals surface area (Å²) in [6.45, 7) is 1.90. The predicted molar refractivity (Wildman–Crippen MR) is 80.2 cm³/mol. The second-order valence-electron chi connectivity index (χ2n) is 4.48. The molecule has 21 heavy (non-hydrogen) atoms. The molecule has 0 spiro atoms. The highest BCUT2D eigenvalue weighted by atomic mass is 32.2. The zero-order chi connectivity index (χ0) is 16.0. The Balaban J connectivity index is 2.81. The average Bonchev–Trinajstić information content (AvgIpc) is 2.47. The van der Waals surface area contributed by atoms with Gasteiger partial charge in [-0.3, -0.25) is 9.59 Å². The van der Waals surface area contributed by atoms with Crippen molar-refractivity contribution in [1.29, 1.82) is 0 Å². The molecule has 0 heterocycles. The standard InChI is InChI=1S/C14H18F2N2O2S/c1-4-9(8-21-3)18(2)14(20)13(19)17-12-10(15)6-5-7-11(12)16/h5-7,9H,4,8H2,1-3H3,(H,17,19)/t9-/m0/s1. The van der Waals surface area contributed by atoms with Crippen LogP contribution in [0.25, 0.3) is 0 Å². The Hall–Kier alpha value is -1.63. The van der Waals surface area contributed by atoms with E-state index >= 15 is 0 Å². The van der Waals surface area contributed by atoms with Gasteiger partial charge >= 0.3 is 11.8 Å². The lowest BCUT2D eigenvalue weighted by Gasteiger charge is -2.26. The molecule has 0 aliphatic heterocycles. The summed E-state index contributed by atoms with van der Waals surface area (Å²) in [6, 6.07) is 3.09. The van der Waals surface area contributed by atoms with Gasteiger partial charge in [-0.25, -0.2) is 8.78 Å². The number of nitrogens with one attached hydrogen (secondary N) is 1. The van der Waals surface area contributed by atoms with Crippen LogP contribution in [0, 0.1) is 11.6 Å². The lowest BCUT2D eigenvalue weighted by Crippen LogP contribution is -2.44. The SMILES string of the molecule is CC[C@@H](CSC)N(C)C(=O)C(=O)Nc1c(F)cccc1F. The van der Waals surface area contributed by atoms with Gasteiger partial charge in [0.25, 0.3) is 0 Å². The van der Waals surface area contributed by atoms with Crippen molar-refractivity contribution in [3.8, 4) is 0 Å². The number of para-hydroxylation sites is 1. The first kappa shape index (κ1) is 17.4. The fourth-order valence-electron chi connectivity index (χ4n) is 1.81.